The molecular formula is I5KSn. The molecule has 40 valence electrons. The van der Waals surface area contributed by atoms with Crippen LogP contribution in [0.5, 0.6) is 0 Å². The topological polar surface area (TPSA) is 0 Å². The maximum absolute atomic E-state index is 0. The minimum absolute atomic E-state index is 0. The number of hydrogen-bond acceptors (Lipinski definition) is 0. The van der Waals surface area contributed by atoms with Gasteiger partial charge in [-0.2, -0.15) is 0 Å². The van der Waals surface area contributed by atoms with Crippen molar-refractivity contribution in [3.63, 3.8) is 0 Å². The van der Waals surface area contributed by atoms with Gasteiger partial charge in [-0.25, -0.2) is 0 Å². The minimum Gasteiger partial charge on any atom is -1.00 e. The summed E-state index contributed by atoms with van der Waals surface area (Å²) >= 11 is 0. The fourth-order valence-corrected chi connectivity index (χ4v) is 0. The van der Waals surface area contributed by atoms with E-state index in [9.17, 15) is 0 Å². The molecule has 0 bridgehead atoms. The van der Waals surface area contributed by atoms with Gasteiger partial charge in [0.1, 0.15) is 0 Å². The Morgan fingerprint density at radius 1 is 0.429 bits per heavy atom. The molecule has 0 aromatic carbocycles. The molecule has 0 N–H and O–H groups in total. The van der Waals surface area contributed by atoms with Crippen molar-refractivity contribution in [3.05, 3.63) is 0 Å². The number of hydrogen-bond donors (Lipinski definition) is 0. The third kappa shape index (κ3) is 33.2. The third-order valence-electron chi connectivity index (χ3n) is 0. The molecule has 0 atom stereocenters. The van der Waals surface area contributed by atoms with E-state index in [4.69, 9.17) is 0 Å². The molecule has 7 heteroatoms. The first kappa shape index (κ1) is 51.6. The molecule has 0 unspecified atom stereocenters. The molecule has 0 aliphatic heterocycles. The van der Waals surface area contributed by atoms with Gasteiger partial charge in [-0.05, 0) is 0 Å². The average molecular weight is 792 g/mol. The van der Waals surface area contributed by atoms with Crippen LogP contribution < -0.4 is 171 Å². The summed E-state index contributed by atoms with van der Waals surface area (Å²) < 4.78 is 0. The number of rotatable bonds is 0. The zero-order chi connectivity index (χ0) is 0. The van der Waals surface area contributed by atoms with Gasteiger partial charge in [0.2, 0.25) is 0 Å². The molecule has 0 aliphatic carbocycles. The quantitative estimate of drug-likeness (QED) is 0.169. The van der Waals surface area contributed by atoms with E-state index in [1.807, 2.05) is 0 Å². The summed E-state index contributed by atoms with van der Waals surface area (Å²) in [7, 11) is 0. The first-order valence-electron chi connectivity index (χ1n) is 0. The zero-order valence-corrected chi connectivity index (χ0v) is 20.2. The van der Waals surface area contributed by atoms with Crippen molar-refractivity contribution in [2.45, 2.75) is 0 Å². The van der Waals surface area contributed by atoms with Crippen molar-refractivity contribution < 1.29 is 171 Å². The smallest absolute Gasteiger partial charge is 1.00 e. The Bertz CT molecular complexity index is 8.04. The summed E-state index contributed by atoms with van der Waals surface area (Å²) in [6, 6.07) is 0. The van der Waals surface area contributed by atoms with Crippen LogP contribution >= 0.6 is 0 Å². The van der Waals surface area contributed by atoms with Gasteiger partial charge in [0, 0.05) is 0 Å². The van der Waals surface area contributed by atoms with Crippen LogP contribution in [0.25, 0.3) is 0 Å². The first-order chi connectivity index (χ1) is 0. The van der Waals surface area contributed by atoms with E-state index in [0.717, 1.165) is 0 Å². The predicted octanol–water partition coefficient (Wildman–Crippen LogP) is -18.4. The van der Waals surface area contributed by atoms with Gasteiger partial charge in [-0.3, -0.25) is 0 Å². The molecule has 0 aromatic heterocycles. The fourth-order valence-electron chi connectivity index (χ4n) is 0. The van der Waals surface area contributed by atoms with Gasteiger partial charge in [-0.1, -0.05) is 0 Å². The summed E-state index contributed by atoms with van der Waals surface area (Å²) in [5, 5.41) is 0. The normalized spacial score (nSPS) is 0. The van der Waals surface area contributed by atoms with Crippen LogP contribution in [0.4, 0.5) is 0 Å². The maximum atomic E-state index is 0. The van der Waals surface area contributed by atoms with E-state index in [1.165, 1.54) is 0 Å². The molecule has 0 rings (SSSR count). The molecule has 0 fully saturated rings. The second-order valence-corrected chi connectivity index (χ2v) is 0. The van der Waals surface area contributed by atoms with Gasteiger partial charge in [0.05, 0.1) is 0 Å². The van der Waals surface area contributed by atoms with Gasteiger partial charge in [-0.15, -0.1) is 0 Å². The molecule has 0 nitrogen and oxygen atoms in total. The molecule has 0 spiro atoms. The van der Waals surface area contributed by atoms with Crippen molar-refractivity contribution in [2.75, 3.05) is 0 Å². The Morgan fingerprint density at radius 3 is 0.429 bits per heavy atom. The Kier molecular flexibility index (Phi) is 296. The molecule has 0 amide bonds. The second kappa shape index (κ2) is 40.1. The summed E-state index contributed by atoms with van der Waals surface area (Å²) in [5.74, 6) is 0. The standard InChI is InChI=1S/5HI.K.Sn/h5*1H;;/q;;;;;+1;+4/p-5. The summed E-state index contributed by atoms with van der Waals surface area (Å²) in [6.07, 6.45) is 0. The molecule has 7 heavy (non-hydrogen) atoms. The van der Waals surface area contributed by atoms with Gasteiger partial charge in [0.15, 0.2) is 0 Å². The Balaban J connectivity index is 0. The molecule has 0 saturated carbocycles. The molecule has 0 radical (unpaired) electrons. The Morgan fingerprint density at radius 2 is 0.429 bits per heavy atom. The van der Waals surface area contributed by atoms with Crippen LogP contribution in [0.3, 0.4) is 0 Å². The Labute approximate surface area is 189 Å². The van der Waals surface area contributed by atoms with Crippen molar-refractivity contribution >= 4 is 23.9 Å². The van der Waals surface area contributed by atoms with Crippen LogP contribution in [0.2, 0.25) is 0 Å². The average Bonchev–Trinajstić information content (AvgIpc) is 0. The minimum atomic E-state index is 0. The predicted molar refractivity (Wildman–Crippen MR) is 5.75 cm³/mol. The van der Waals surface area contributed by atoms with E-state index in [2.05, 4.69) is 0 Å². The number of halogens is 5. The third-order valence-corrected chi connectivity index (χ3v) is 0. The SMILES string of the molecule is [I-].[I-].[I-].[I-].[I-].[K+].[Sn+4]. The van der Waals surface area contributed by atoms with Gasteiger partial charge >= 0.3 is 75.3 Å². The van der Waals surface area contributed by atoms with Gasteiger partial charge < -0.3 is 120 Å². The van der Waals surface area contributed by atoms with E-state index in [0.29, 0.717) is 0 Å². The van der Waals surface area contributed by atoms with Gasteiger partial charge in [0.25, 0.3) is 0 Å². The fraction of sp³-hybridized carbons (Fsp3) is 0. The van der Waals surface area contributed by atoms with Crippen molar-refractivity contribution in [1.29, 1.82) is 0 Å². The largest absolute Gasteiger partial charge is 4.00 e. The van der Waals surface area contributed by atoms with E-state index in [-0.39, 0.29) is 195 Å². The molecule has 0 heterocycles. The van der Waals surface area contributed by atoms with Crippen LogP contribution in [-0.4, -0.2) is 23.9 Å². The molecule has 0 saturated heterocycles. The first-order valence-corrected chi connectivity index (χ1v) is 0. The van der Waals surface area contributed by atoms with E-state index < -0.39 is 0 Å². The van der Waals surface area contributed by atoms with Crippen LogP contribution in [0.15, 0.2) is 0 Å². The summed E-state index contributed by atoms with van der Waals surface area (Å²) in [6.45, 7) is 0. The maximum Gasteiger partial charge on any atom is 4.00 e. The zero-order valence-electron chi connectivity index (χ0n) is 3.39. The van der Waals surface area contributed by atoms with E-state index in [1.54, 1.807) is 0 Å². The van der Waals surface area contributed by atoms with Crippen molar-refractivity contribution in [3.8, 4) is 0 Å². The van der Waals surface area contributed by atoms with Crippen LogP contribution in [-0.2, 0) is 0 Å². The second-order valence-electron chi connectivity index (χ2n) is 0. The van der Waals surface area contributed by atoms with Crippen molar-refractivity contribution in [2.24, 2.45) is 0 Å². The monoisotopic (exact) mass is 793 g/mol. The van der Waals surface area contributed by atoms with Crippen LogP contribution in [0, 0.1) is 0 Å². The Hall–Kier alpha value is 6.09. The van der Waals surface area contributed by atoms with E-state index >= 15 is 0 Å². The van der Waals surface area contributed by atoms with Crippen molar-refractivity contribution in [1.82, 2.24) is 0 Å². The summed E-state index contributed by atoms with van der Waals surface area (Å²) in [5.41, 5.74) is 0. The molecule has 0 aromatic rings. The molecule has 0 aliphatic rings. The van der Waals surface area contributed by atoms with Crippen LogP contribution in [0.1, 0.15) is 0 Å². The molecular weight excluding hydrogens is 792 g/mol. The summed E-state index contributed by atoms with van der Waals surface area (Å²) in [4.78, 5) is 0.